The topological polar surface area (TPSA) is 78.8 Å². The van der Waals surface area contributed by atoms with Crippen LogP contribution in [0.4, 0.5) is 4.39 Å². The first-order valence-corrected chi connectivity index (χ1v) is 11.9. The minimum Gasteiger partial charge on any atom is -0.272 e. The van der Waals surface area contributed by atoms with Crippen LogP contribution in [0.5, 0.6) is 0 Å². The number of rotatable bonds is 8. The molecule has 172 valence electrons. The van der Waals surface area contributed by atoms with Gasteiger partial charge in [0.25, 0.3) is 5.91 Å². The summed E-state index contributed by atoms with van der Waals surface area (Å²) in [6.45, 7) is 1.17. The van der Waals surface area contributed by atoms with E-state index in [9.17, 15) is 17.6 Å². The fourth-order valence-electron chi connectivity index (χ4n) is 2.90. The van der Waals surface area contributed by atoms with Gasteiger partial charge in [0, 0.05) is 17.1 Å². The van der Waals surface area contributed by atoms with Crippen molar-refractivity contribution in [3.8, 4) is 0 Å². The van der Waals surface area contributed by atoms with Crippen LogP contribution in [0, 0.1) is 12.7 Å². The maximum absolute atomic E-state index is 13.8. The van der Waals surface area contributed by atoms with Crippen molar-refractivity contribution in [1.29, 1.82) is 0 Å². The highest BCUT2D eigenvalue weighted by Gasteiger charge is 2.27. The molecular weight excluding hydrogens is 488 g/mol. The van der Waals surface area contributed by atoms with Gasteiger partial charge in [-0.05, 0) is 42.8 Å². The van der Waals surface area contributed by atoms with Crippen LogP contribution in [0.2, 0.25) is 10.0 Å². The Morgan fingerprint density at radius 2 is 1.70 bits per heavy atom. The van der Waals surface area contributed by atoms with Crippen LogP contribution in [0.1, 0.15) is 16.7 Å². The lowest BCUT2D eigenvalue weighted by atomic mass is 10.2. The lowest BCUT2D eigenvalue weighted by Crippen LogP contribution is -2.39. The van der Waals surface area contributed by atoms with Crippen molar-refractivity contribution < 1.29 is 17.6 Å². The van der Waals surface area contributed by atoms with Gasteiger partial charge < -0.3 is 0 Å². The standard InChI is InChI=1S/C23H20Cl2FN3O3S/c1-16-9-11-18(12-10-16)33(31,32)29(14-17-5-2-3-6-20(17)24)15-23(30)28-27-13-19-21(25)7-4-8-22(19)26/h2-13H,14-15H2,1H3,(H,28,30)/b27-13-. The van der Waals surface area contributed by atoms with E-state index in [4.69, 9.17) is 23.2 Å². The second-order valence-electron chi connectivity index (χ2n) is 7.11. The van der Waals surface area contributed by atoms with Gasteiger partial charge in [-0.25, -0.2) is 18.2 Å². The van der Waals surface area contributed by atoms with Crippen LogP contribution < -0.4 is 5.43 Å². The summed E-state index contributed by atoms with van der Waals surface area (Å²) in [4.78, 5) is 12.6. The van der Waals surface area contributed by atoms with Gasteiger partial charge in [0.15, 0.2) is 0 Å². The molecule has 0 heterocycles. The van der Waals surface area contributed by atoms with Gasteiger partial charge in [0.2, 0.25) is 10.0 Å². The smallest absolute Gasteiger partial charge is 0.255 e. The molecule has 0 spiro atoms. The van der Waals surface area contributed by atoms with Gasteiger partial charge in [-0.15, -0.1) is 0 Å². The molecule has 6 nitrogen and oxygen atoms in total. The van der Waals surface area contributed by atoms with Crippen LogP contribution in [0.25, 0.3) is 0 Å². The number of hydrogen-bond acceptors (Lipinski definition) is 4. The molecule has 33 heavy (non-hydrogen) atoms. The molecule has 10 heteroatoms. The van der Waals surface area contributed by atoms with E-state index >= 15 is 0 Å². The Labute approximate surface area is 201 Å². The van der Waals surface area contributed by atoms with E-state index in [0.717, 1.165) is 16.1 Å². The monoisotopic (exact) mass is 507 g/mol. The van der Waals surface area contributed by atoms with E-state index in [-0.39, 0.29) is 22.0 Å². The van der Waals surface area contributed by atoms with E-state index in [1.165, 1.54) is 30.3 Å². The molecule has 0 aromatic heterocycles. The van der Waals surface area contributed by atoms with Crippen molar-refractivity contribution in [2.45, 2.75) is 18.4 Å². The van der Waals surface area contributed by atoms with Crippen molar-refractivity contribution in [2.75, 3.05) is 6.54 Å². The highest BCUT2D eigenvalue weighted by Crippen LogP contribution is 2.23. The first kappa shape index (κ1) is 24.9. The zero-order valence-corrected chi connectivity index (χ0v) is 19.8. The van der Waals surface area contributed by atoms with Gasteiger partial charge in [0.1, 0.15) is 5.82 Å². The van der Waals surface area contributed by atoms with Gasteiger partial charge in [-0.3, -0.25) is 4.79 Å². The molecule has 0 saturated heterocycles. The molecule has 3 rings (SSSR count). The van der Waals surface area contributed by atoms with Crippen molar-refractivity contribution in [2.24, 2.45) is 5.10 Å². The van der Waals surface area contributed by atoms with Crippen LogP contribution in [-0.4, -0.2) is 31.4 Å². The Hall–Kier alpha value is -2.78. The molecule has 0 saturated carbocycles. The molecule has 1 amide bonds. The van der Waals surface area contributed by atoms with E-state index in [1.54, 1.807) is 36.4 Å². The van der Waals surface area contributed by atoms with Crippen molar-refractivity contribution in [1.82, 2.24) is 9.73 Å². The summed E-state index contributed by atoms with van der Waals surface area (Å²) in [6, 6.07) is 17.2. The number of benzene rings is 3. The Morgan fingerprint density at radius 1 is 1.03 bits per heavy atom. The number of halogens is 3. The summed E-state index contributed by atoms with van der Waals surface area (Å²) < 4.78 is 41.4. The first-order valence-electron chi connectivity index (χ1n) is 9.74. The number of hydrogen-bond donors (Lipinski definition) is 1. The number of hydrazone groups is 1. The van der Waals surface area contributed by atoms with Crippen LogP contribution in [-0.2, 0) is 21.4 Å². The minimum atomic E-state index is -4.04. The fraction of sp³-hybridized carbons (Fsp3) is 0.130. The summed E-state index contributed by atoms with van der Waals surface area (Å²) in [5.41, 5.74) is 3.64. The van der Waals surface area contributed by atoms with Crippen molar-refractivity contribution in [3.05, 3.63) is 99.3 Å². The van der Waals surface area contributed by atoms with Crippen molar-refractivity contribution >= 4 is 45.3 Å². The number of sulfonamides is 1. The first-order chi connectivity index (χ1) is 15.7. The lowest BCUT2D eigenvalue weighted by molar-refractivity contribution is -0.121. The largest absolute Gasteiger partial charge is 0.272 e. The summed E-state index contributed by atoms with van der Waals surface area (Å²) in [6.07, 6.45) is 1.06. The third kappa shape index (κ3) is 6.39. The van der Waals surface area contributed by atoms with Gasteiger partial charge in [-0.1, -0.05) is 65.2 Å². The fourth-order valence-corrected chi connectivity index (χ4v) is 4.68. The molecule has 1 N–H and O–H groups in total. The van der Waals surface area contributed by atoms with Gasteiger partial charge in [0.05, 0.1) is 22.7 Å². The zero-order chi connectivity index (χ0) is 24.0. The van der Waals surface area contributed by atoms with Gasteiger partial charge >= 0.3 is 0 Å². The van der Waals surface area contributed by atoms with E-state index in [0.29, 0.717) is 10.6 Å². The molecule has 0 unspecified atom stereocenters. The SMILES string of the molecule is Cc1ccc(S(=O)(=O)N(CC(=O)N/N=C\c2c(F)cccc2Cl)Cc2ccccc2Cl)cc1. The molecule has 0 fully saturated rings. The normalized spacial score (nSPS) is 11.8. The molecule has 3 aromatic carbocycles. The molecule has 0 aliphatic rings. The quantitative estimate of drug-likeness (QED) is 0.351. The van der Waals surface area contributed by atoms with E-state index in [1.807, 2.05) is 6.92 Å². The molecular formula is C23H20Cl2FN3O3S. The zero-order valence-electron chi connectivity index (χ0n) is 17.5. The second-order valence-corrected chi connectivity index (χ2v) is 9.86. The highest BCUT2D eigenvalue weighted by atomic mass is 35.5. The number of carbonyl (C=O) groups excluding carboxylic acids is 1. The van der Waals surface area contributed by atoms with E-state index < -0.39 is 28.3 Å². The van der Waals surface area contributed by atoms with Gasteiger partial charge in [-0.2, -0.15) is 9.41 Å². The van der Waals surface area contributed by atoms with E-state index in [2.05, 4.69) is 10.5 Å². The lowest BCUT2D eigenvalue weighted by Gasteiger charge is -2.22. The Bertz CT molecular complexity index is 1260. The molecule has 3 aromatic rings. The third-order valence-corrected chi connectivity index (χ3v) is 7.17. The van der Waals surface area contributed by atoms with Crippen LogP contribution in [0.3, 0.4) is 0 Å². The summed E-state index contributed by atoms with van der Waals surface area (Å²) in [5, 5.41) is 4.20. The summed E-state index contributed by atoms with van der Waals surface area (Å²) in [5.74, 6) is -1.33. The number of aryl methyl sites for hydroxylation is 1. The molecule has 0 bridgehead atoms. The number of nitrogens with one attached hydrogen (secondary N) is 1. The second kappa shape index (κ2) is 10.9. The average molecular weight is 508 g/mol. The molecule has 0 aliphatic carbocycles. The number of nitrogens with zero attached hydrogens (tertiary/aromatic N) is 2. The minimum absolute atomic E-state index is 0.000308. The Morgan fingerprint density at radius 3 is 2.36 bits per heavy atom. The average Bonchev–Trinajstić information content (AvgIpc) is 2.77. The maximum Gasteiger partial charge on any atom is 0.255 e. The highest BCUT2D eigenvalue weighted by molar-refractivity contribution is 7.89. The number of carbonyl (C=O) groups is 1. The molecule has 0 aliphatic heterocycles. The Balaban J connectivity index is 1.83. The van der Waals surface area contributed by atoms with Crippen LogP contribution in [0.15, 0.2) is 76.7 Å². The molecule has 0 radical (unpaired) electrons. The predicted octanol–water partition coefficient (Wildman–Crippen LogP) is 4.78. The summed E-state index contributed by atoms with van der Waals surface area (Å²) in [7, 11) is -4.04. The number of amides is 1. The molecule has 0 atom stereocenters. The Kier molecular flexibility index (Phi) is 8.20. The predicted molar refractivity (Wildman–Crippen MR) is 127 cm³/mol. The summed E-state index contributed by atoms with van der Waals surface area (Å²) >= 11 is 12.1. The third-order valence-electron chi connectivity index (χ3n) is 4.67. The van der Waals surface area contributed by atoms with Crippen LogP contribution >= 0.6 is 23.2 Å². The van der Waals surface area contributed by atoms with Crippen molar-refractivity contribution in [3.63, 3.8) is 0 Å². The maximum atomic E-state index is 13.8.